The van der Waals surface area contributed by atoms with Gasteiger partial charge < -0.3 is 5.73 Å². The zero-order chi connectivity index (χ0) is 12.4. The number of nitrogen functional groups attached to an aromatic ring is 1. The highest BCUT2D eigenvalue weighted by Crippen LogP contribution is 2.24. The molecule has 0 atom stereocenters. The van der Waals surface area contributed by atoms with Crippen LogP contribution in [-0.4, -0.2) is 9.91 Å². The molecular formula is C11H10FN3O2S. The summed E-state index contributed by atoms with van der Waals surface area (Å²) >= 11 is 0. The minimum atomic E-state index is -0.600. The molecule has 0 saturated heterocycles. The molecule has 0 aliphatic heterocycles. The van der Waals surface area contributed by atoms with Crippen LogP contribution in [0.5, 0.6) is 0 Å². The van der Waals surface area contributed by atoms with E-state index in [0.717, 1.165) is 0 Å². The van der Waals surface area contributed by atoms with Crippen molar-refractivity contribution < 1.29 is 9.31 Å². The number of pyridine rings is 1. The summed E-state index contributed by atoms with van der Waals surface area (Å²) in [6.45, 7) is 0. The van der Waals surface area contributed by atoms with Gasteiger partial charge in [-0.3, -0.25) is 10.1 Å². The van der Waals surface area contributed by atoms with Crippen LogP contribution in [0.4, 0.5) is 15.9 Å². The molecule has 0 spiro atoms. The molecule has 2 N–H and O–H groups in total. The van der Waals surface area contributed by atoms with Crippen molar-refractivity contribution in [2.75, 3.05) is 5.73 Å². The molecule has 2 rings (SSSR count). The molecule has 94 valence electrons. The lowest BCUT2D eigenvalue weighted by atomic mass is 10.1. The van der Waals surface area contributed by atoms with Crippen LogP contribution in [0.25, 0.3) is 11.3 Å². The largest absolute Gasteiger partial charge is 0.378 e. The van der Waals surface area contributed by atoms with E-state index in [1.165, 1.54) is 36.4 Å². The Hall–Kier alpha value is -2.15. The number of nitrogens with two attached hydrogens (primary N) is 1. The Morgan fingerprint density at radius 2 is 1.78 bits per heavy atom. The molecule has 0 aliphatic carbocycles. The van der Waals surface area contributed by atoms with Gasteiger partial charge in [-0.25, -0.2) is 9.37 Å². The average molecular weight is 267 g/mol. The highest BCUT2D eigenvalue weighted by Gasteiger charge is 2.13. The van der Waals surface area contributed by atoms with Crippen molar-refractivity contribution in [3.63, 3.8) is 0 Å². The molecule has 0 fully saturated rings. The third-order valence-corrected chi connectivity index (χ3v) is 2.24. The molecule has 18 heavy (non-hydrogen) atoms. The van der Waals surface area contributed by atoms with Crippen LogP contribution < -0.4 is 5.73 Å². The summed E-state index contributed by atoms with van der Waals surface area (Å²) in [4.78, 5) is 13.9. The molecule has 0 saturated carbocycles. The summed E-state index contributed by atoms with van der Waals surface area (Å²) < 4.78 is 12.7. The van der Waals surface area contributed by atoms with E-state index in [9.17, 15) is 14.5 Å². The van der Waals surface area contributed by atoms with Crippen molar-refractivity contribution in [3.8, 4) is 11.3 Å². The molecule has 7 heteroatoms. The minimum Gasteiger partial charge on any atom is -0.378 e. The minimum absolute atomic E-state index is 0. The maximum Gasteiger partial charge on any atom is 0.311 e. The first-order chi connectivity index (χ1) is 8.08. The predicted molar refractivity (Wildman–Crippen MR) is 71.1 cm³/mol. The number of nitrogens with zero attached hydrogens (tertiary/aromatic N) is 2. The predicted octanol–water partition coefficient (Wildman–Crippen LogP) is 2.49. The van der Waals surface area contributed by atoms with Gasteiger partial charge in [0.15, 0.2) is 0 Å². The van der Waals surface area contributed by atoms with Crippen molar-refractivity contribution in [1.82, 2.24) is 4.98 Å². The summed E-state index contributed by atoms with van der Waals surface area (Å²) in [7, 11) is 0. The van der Waals surface area contributed by atoms with Gasteiger partial charge in [0.25, 0.3) is 0 Å². The van der Waals surface area contributed by atoms with E-state index in [1.54, 1.807) is 0 Å². The van der Waals surface area contributed by atoms with Crippen molar-refractivity contribution in [3.05, 3.63) is 52.3 Å². The van der Waals surface area contributed by atoms with Crippen LogP contribution in [0.15, 0.2) is 36.4 Å². The number of nitro groups is 1. The van der Waals surface area contributed by atoms with E-state index in [0.29, 0.717) is 11.3 Å². The van der Waals surface area contributed by atoms with Crippen molar-refractivity contribution in [2.45, 2.75) is 0 Å². The van der Waals surface area contributed by atoms with Crippen LogP contribution >= 0.6 is 13.5 Å². The maximum absolute atomic E-state index is 12.7. The fourth-order valence-corrected chi connectivity index (χ4v) is 1.40. The molecule has 2 aromatic rings. The van der Waals surface area contributed by atoms with Gasteiger partial charge in [-0.05, 0) is 30.3 Å². The Kier molecular flexibility index (Phi) is 4.22. The fraction of sp³-hybridized carbons (Fsp3) is 0. The van der Waals surface area contributed by atoms with Gasteiger partial charge in [-0.2, -0.15) is 13.5 Å². The molecule has 1 heterocycles. The lowest BCUT2D eigenvalue weighted by Gasteiger charge is -2.02. The van der Waals surface area contributed by atoms with Gasteiger partial charge in [-0.1, -0.05) is 0 Å². The molecule has 0 aliphatic rings. The summed E-state index contributed by atoms with van der Waals surface area (Å²) in [6.07, 6.45) is 0. The molecular weight excluding hydrogens is 257 g/mol. The smallest absolute Gasteiger partial charge is 0.311 e. The lowest BCUT2D eigenvalue weighted by Crippen LogP contribution is -1.99. The molecule has 0 unspecified atom stereocenters. The quantitative estimate of drug-likeness (QED) is 0.669. The van der Waals surface area contributed by atoms with E-state index in [1.807, 2.05) is 0 Å². The first kappa shape index (κ1) is 13.9. The normalized spacial score (nSPS) is 9.61. The first-order valence-electron chi connectivity index (χ1n) is 4.75. The van der Waals surface area contributed by atoms with Gasteiger partial charge in [0.2, 0.25) is 5.82 Å². The Bertz CT molecular complexity index is 575. The van der Waals surface area contributed by atoms with Gasteiger partial charge in [0.1, 0.15) is 5.82 Å². The van der Waals surface area contributed by atoms with E-state index in [-0.39, 0.29) is 30.8 Å². The summed E-state index contributed by atoms with van der Waals surface area (Å²) in [6, 6.07) is 8.39. The van der Waals surface area contributed by atoms with Crippen molar-refractivity contribution in [2.24, 2.45) is 0 Å². The second-order valence-corrected chi connectivity index (χ2v) is 3.36. The number of benzene rings is 1. The third-order valence-electron chi connectivity index (χ3n) is 2.24. The van der Waals surface area contributed by atoms with Gasteiger partial charge >= 0.3 is 5.69 Å². The van der Waals surface area contributed by atoms with Gasteiger partial charge in [0, 0.05) is 11.6 Å². The molecule has 0 bridgehead atoms. The lowest BCUT2D eigenvalue weighted by molar-refractivity contribution is -0.384. The zero-order valence-electron chi connectivity index (χ0n) is 9.13. The number of hydrogen-bond acceptors (Lipinski definition) is 4. The van der Waals surface area contributed by atoms with Crippen molar-refractivity contribution in [1.29, 1.82) is 0 Å². The van der Waals surface area contributed by atoms with E-state index < -0.39 is 4.92 Å². The van der Waals surface area contributed by atoms with Crippen LogP contribution in [-0.2, 0) is 0 Å². The van der Waals surface area contributed by atoms with Crippen LogP contribution in [0.1, 0.15) is 0 Å². The highest BCUT2D eigenvalue weighted by molar-refractivity contribution is 7.59. The average Bonchev–Trinajstić information content (AvgIpc) is 2.29. The maximum atomic E-state index is 12.7. The number of anilines is 1. The van der Waals surface area contributed by atoms with E-state index >= 15 is 0 Å². The summed E-state index contributed by atoms with van der Waals surface area (Å²) in [5.41, 5.74) is 6.33. The van der Waals surface area contributed by atoms with Gasteiger partial charge in [0.05, 0.1) is 10.6 Å². The van der Waals surface area contributed by atoms with Crippen molar-refractivity contribution >= 4 is 25.0 Å². The van der Waals surface area contributed by atoms with Crippen LogP contribution in [0.3, 0.4) is 0 Å². The number of aromatic nitrogens is 1. The standard InChI is InChI=1S/C11H8FN3O2.H2S/c12-8-3-1-7(2-4-8)9-5-6-10(15(16)17)11(13)14-9;/h1-6H,(H2,13,14);1H2. The number of rotatable bonds is 2. The monoisotopic (exact) mass is 267 g/mol. The van der Waals surface area contributed by atoms with E-state index in [2.05, 4.69) is 4.98 Å². The molecule has 5 nitrogen and oxygen atoms in total. The second-order valence-electron chi connectivity index (χ2n) is 3.36. The molecule has 1 aromatic carbocycles. The Morgan fingerprint density at radius 3 is 2.28 bits per heavy atom. The molecule has 0 radical (unpaired) electrons. The third kappa shape index (κ3) is 2.75. The van der Waals surface area contributed by atoms with E-state index in [4.69, 9.17) is 5.73 Å². The second kappa shape index (κ2) is 5.46. The molecule has 0 amide bonds. The van der Waals surface area contributed by atoms with Crippen LogP contribution in [0.2, 0.25) is 0 Å². The summed E-state index contributed by atoms with van der Waals surface area (Å²) in [5.74, 6) is -0.513. The van der Waals surface area contributed by atoms with Gasteiger partial charge in [-0.15, -0.1) is 0 Å². The SMILES string of the molecule is Nc1nc(-c2ccc(F)cc2)ccc1[N+](=O)[O-].S. The highest BCUT2D eigenvalue weighted by atomic mass is 32.1. The molecule has 1 aromatic heterocycles. The summed E-state index contributed by atoms with van der Waals surface area (Å²) in [5, 5.41) is 10.6. The van der Waals surface area contributed by atoms with Crippen LogP contribution in [0, 0.1) is 15.9 Å². The topological polar surface area (TPSA) is 82.0 Å². The number of halogens is 1. The first-order valence-corrected chi connectivity index (χ1v) is 4.75. The zero-order valence-corrected chi connectivity index (χ0v) is 10.1. The Morgan fingerprint density at radius 1 is 1.17 bits per heavy atom. The fourth-order valence-electron chi connectivity index (χ4n) is 1.40. The Labute approximate surface area is 109 Å². The Balaban J connectivity index is 0.00000162. The number of hydrogen-bond donors (Lipinski definition) is 1.